The molecule has 0 radical (unpaired) electrons. The summed E-state index contributed by atoms with van der Waals surface area (Å²) >= 11 is 12.3. The molecule has 4 nitrogen and oxygen atoms in total. The summed E-state index contributed by atoms with van der Waals surface area (Å²) in [6, 6.07) is 4.37. The minimum absolute atomic E-state index is 0.0300. The predicted molar refractivity (Wildman–Crippen MR) is 90.7 cm³/mol. The number of esters is 1. The normalized spacial score (nSPS) is 16.7. The molecule has 0 unspecified atom stereocenters. The highest BCUT2D eigenvalue weighted by Gasteiger charge is 2.28. The summed E-state index contributed by atoms with van der Waals surface area (Å²) in [4.78, 5) is 24.4. The van der Waals surface area contributed by atoms with Gasteiger partial charge in [0.15, 0.2) is 0 Å². The van der Waals surface area contributed by atoms with Gasteiger partial charge in [0.1, 0.15) is 6.04 Å². The molecule has 126 valence electrons. The molecule has 1 aliphatic rings. The molecule has 1 aromatic rings. The monoisotopic (exact) mass is 357 g/mol. The van der Waals surface area contributed by atoms with Crippen molar-refractivity contribution in [2.75, 3.05) is 7.11 Å². The highest BCUT2D eigenvalue weighted by atomic mass is 35.5. The molecule has 1 atom stereocenters. The Morgan fingerprint density at radius 1 is 1.22 bits per heavy atom. The molecule has 0 spiro atoms. The van der Waals surface area contributed by atoms with Gasteiger partial charge in [-0.1, -0.05) is 48.5 Å². The average Bonchev–Trinajstić information content (AvgIpc) is 2.57. The SMILES string of the molecule is COC(=O)[C@H](Cc1c(Cl)cccc1Cl)NC(=O)C1CCCCC1. The van der Waals surface area contributed by atoms with Crippen molar-refractivity contribution in [3.8, 4) is 0 Å². The molecule has 1 saturated carbocycles. The number of ether oxygens (including phenoxy) is 1. The molecule has 0 bridgehead atoms. The summed E-state index contributed by atoms with van der Waals surface area (Å²) in [6.45, 7) is 0. The van der Waals surface area contributed by atoms with E-state index in [0.717, 1.165) is 25.7 Å². The number of hydrogen-bond donors (Lipinski definition) is 1. The van der Waals surface area contributed by atoms with Gasteiger partial charge in [0.2, 0.25) is 5.91 Å². The van der Waals surface area contributed by atoms with E-state index in [1.807, 2.05) is 0 Å². The maximum Gasteiger partial charge on any atom is 0.328 e. The number of nitrogens with one attached hydrogen (secondary N) is 1. The Balaban J connectivity index is 2.10. The van der Waals surface area contributed by atoms with Crippen LogP contribution in [0.3, 0.4) is 0 Å². The highest BCUT2D eigenvalue weighted by Crippen LogP contribution is 2.27. The zero-order chi connectivity index (χ0) is 16.8. The molecule has 6 heteroatoms. The Bertz CT molecular complexity index is 551. The van der Waals surface area contributed by atoms with Gasteiger partial charge in [-0.3, -0.25) is 4.79 Å². The molecule has 2 rings (SSSR count). The summed E-state index contributed by atoms with van der Waals surface area (Å²) in [5, 5.41) is 3.75. The van der Waals surface area contributed by atoms with Crippen LogP contribution in [0.1, 0.15) is 37.7 Å². The van der Waals surface area contributed by atoms with E-state index in [-0.39, 0.29) is 18.2 Å². The molecular weight excluding hydrogens is 337 g/mol. The summed E-state index contributed by atoms with van der Waals surface area (Å²) in [5.41, 5.74) is 0.634. The Morgan fingerprint density at radius 2 is 1.83 bits per heavy atom. The van der Waals surface area contributed by atoms with Crippen LogP contribution in [0.25, 0.3) is 0 Å². The maximum atomic E-state index is 12.4. The largest absolute Gasteiger partial charge is 0.467 e. The van der Waals surface area contributed by atoms with Crippen molar-refractivity contribution in [2.24, 2.45) is 5.92 Å². The first kappa shape index (κ1) is 18.1. The van der Waals surface area contributed by atoms with Gasteiger partial charge in [0.25, 0.3) is 0 Å². The van der Waals surface area contributed by atoms with Crippen molar-refractivity contribution >= 4 is 35.1 Å². The van der Waals surface area contributed by atoms with Crippen molar-refractivity contribution in [1.29, 1.82) is 0 Å². The number of amides is 1. The fourth-order valence-electron chi connectivity index (χ4n) is 2.92. The first-order chi connectivity index (χ1) is 11.0. The summed E-state index contributed by atoms with van der Waals surface area (Å²) in [7, 11) is 1.30. The first-order valence-electron chi connectivity index (χ1n) is 7.84. The molecule has 0 aromatic heterocycles. The summed E-state index contributed by atoms with van der Waals surface area (Å²) in [5.74, 6) is -0.619. The van der Waals surface area contributed by atoms with Crippen molar-refractivity contribution < 1.29 is 14.3 Å². The fraction of sp³-hybridized carbons (Fsp3) is 0.529. The van der Waals surface area contributed by atoms with E-state index in [1.54, 1.807) is 18.2 Å². The Kier molecular flexibility index (Phi) is 6.72. The number of carbonyl (C=O) groups excluding carboxylic acids is 2. The minimum Gasteiger partial charge on any atom is -0.467 e. The van der Waals surface area contributed by atoms with Crippen LogP contribution < -0.4 is 5.32 Å². The van der Waals surface area contributed by atoms with E-state index in [0.29, 0.717) is 15.6 Å². The molecular formula is C17H21Cl2NO3. The molecule has 0 aliphatic heterocycles. The van der Waals surface area contributed by atoms with Gasteiger partial charge < -0.3 is 10.1 Å². The van der Waals surface area contributed by atoms with Crippen LogP contribution in [0.5, 0.6) is 0 Å². The number of benzene rings is 1. The lowest BCUT2D eigenvalue weighted by Gasteiger charge is -2.24. The smallest absolute Gasteiger partial charge is 0.328 e. The lowest BCUT2D eigenvalue weighted by atomic mass is 9.88. The van der Waals surface area contributed by atoms with E-state index in [2.05, 4.69) is 5.32 Å². The van der Waals surface area contributed by atoms with Crippen LogP contribution in [0.15, 0.2) is 18.2 Å². The Morgan fingerprint density at radius 3 is 2.39 bits per heavy atom. The molecule has 1 aromatic carbocycles. The van der Waals surface area contributed by atoms with Crippen LogP contribution in [0.4, 0.5) is 0 Å². The third-order valence-corrected chi connectivity index (χ3v) is 4.96. The second-order valence-electron chi connectivity index (χ2n) is 5.82. The Labute approximate surface area is 146 Å². The van der Waals surface area contributed by atoms with Crippen molar-refractivity contribution in [3.05, 3.63) is 33.8 Å². The van der Waals surface area contributed by atoms with Crippen molar-refractivity contribution in [2.45, 2.75) is 44.6 Å². The summed E-state index contributed by atoms with van der Waals surface area (Å²) in [6.07, 6.45) is 5.22. The van der Waals surface area contributed by atoms with E-state index in [1.165, 1.54) is 13.5 Å². The van der Waals surface area contributed by atoms with Gasteiger partial charge in [-0.05, 0) is 30.5 Å². The number of methoxy groups -OCH3 is 1. The maximum absolute atomic E-state index is 12.4. The number of rotatable bonds is 5. The zero-order valence-corrected chi connectivity index (χ0v) is 14.6. The first-order valence-corrected chi connectivity index (χ1v) is 8.59. The lowest BCUT2D eigenvalue weighted by Crippen LogP contribution is -2.46. The van der Waals surface area contributed by atoms with E-state index in [9.17, 15) is 9.59 Å². The predicted octanol–water partition coefficient (Wildman–Crippen LogP) is 3.77. The minimum atomic E-state index is -0.785. The fourth-order valence-corrected chi connectivity index (χ4v) is 3.47. The third-order valence-electron chi connectivity index (χ3n) is 4.25. The van der Waals surface area contributed by atoms with Crippen LogP contribution in [0, 0.1) is 5.92 Å². The standard InChI is InChI=1S/C17H21Cl2NO3/c1-23-17(22)15(10-12-13(18)8-5-9-14(12)19)20-16(21)11-6-3-2-4-7-11/h5,8-9,11,15H,2-4,6-7,10H2,1H3,(H,20,21)/t15-/m0/s1. The van der Waals surface area contributed by atoms with Gasteiger partial charge in [0.05, 0.1) is 7.11 Å². The average molecular weight is 358 g/mol. The number of hydrogen-bond acceptors (Lipinski definition) is 3. The molecule has 1 aliphatic carbocycles. The van der Waals surface area contributed by atoms with Crippen LogP contribution in [-0.4, -0.2) is 25.0 Å². The second kappa shape index (κ2) is 8.55. The van der Waals surface area contributed by atoms with Crippen LogP contribution in [-0.2, 0) is 20.7 Å². The van der Waals surface area contributed by atoms with Gasteiger partial charge in [-0.2, -0.15) is 0 Å². The van der Waals surface area contributed by atoms with Gasteiger partial charge >= 0.3 is 5.97 Å². The van der Waals surface area contributed by atoms with E-state index < -0.39 is 12.0 Å². The molecule has 0 heterocycles. The molecule has 0 saturated heterocycles. The molecule has 1 amide bonds. The lowest BCUT2D eigenvalue weighted by molar-refractivity contribution is -0.145. The second-order valence-corrected chi connectivity index (χ2v) is 6.64. The number of carbonyl (C=O) groups is 2. The zero-order valence-electron chi connectivity index (χ0n) is 13.1. The summed E-state index contributed by atoms with van der Waals surface area (Å²) < 4.78 is 4.81. The van der Waals surface area contributed by atoms with Crippen molar-refractivity contribution in [1.82, 2.24) is 5.32 Å². The highest BCUT2D eigenvalue weighted by molar-refractivity contribution is 6.36. The third kappa shape index (κ3) is 4.85. The van der Waals surface area contributed by atoms with Crippen LogP contribution in [0.2, 0.25) is 10.0 Å². The molecule has 1 N–H and O–H groups in total. The van der Waals surface area contributed by atoms with E-state index in [4.69, 9.17) is 27.9 Å². The van der Waals surface area contributed by atoms with Crippen LogP contribution >= 0.6 is 23.2 Å². The molecule has 1 fully saturated rings. The van der Waals surface area contributed by atoms with E-state index >= 15 is 0 Å². The van der Waals surface area contributed by atoms with Gasteiger partial charge in [-0.25, -0.2) is 4.79 Å². The van der Waals surface area contributed by atoms with Gasteiger partial charge in [-0.15, -0.1) is 0 Å². The quantitative estimate of drug-likeness (QED) is 0.815. The van der Waals surface area contributed by atoms with Gasteiger partial charge in [0, 0.05) is 22.4 Å². The number of halogens is 2. The molecule has 23 heavy (non-hydrogen) atoms. The van der Waals surface area contributed by atoms with Crippen molar-refractivity contribution in [3.63, 3.8) is 0 Å². The Hall–Kier alpha value is -1.26. The topological polar surface area (TPSA) is 55.4 Å².